The molecule has 0 bridgehead atoms. The second kappa shape index (κ2) is 7.42. The zero-order chi connectivity index (χ0) is 16.9. The molecular formula is C18H22N4O2. The minimum absolute atomic E-state index is 0.115. The Balaban J connectivity index is 1.74. The Morgan fingerprint density at radius 2 is 1.92 bits per heavy atom. The summed E-state index contributed by atoms with van der Waals surface area (Å²) in [6, 6.07) is 15.7. The normalized spacial score (nSPS) is 12.8. The fraction of sp³-hybridized carbons (Fsp3) is 0.333. The second-order valence-electron chi connectivity index (χ2n) is 5.85. The van der Waals surface area contributed by atoms with Gasteiger partial charge in [0.25, 0.3) is 0 Å². The third-order valence-electron chi connectivity index (χ3n) is 4.27. The highest BCUT2D eigenvalue weighted by Crippen LogP contribution is 2.22. The second-order valence-corrected chi connectivity index (χ2v) is 5.85. The summed E-state index contributed by atoms with van der Waals surface area (Å²) in [5, 5.41) is 13.7. The van der Waals surface area contributed by atoms with Crippen molar-refractivity contribution in [2.24, 2.45) is 0 Å². The lowest BCUT2D eigenvalue weighted by molar-refractivity contribution is 0.179. The predicted octanol–water partition coefficient (Wildman–Crippen LogP) is 1.55. The molecule has 2 heterocycles. The van der Waals surface area contributed by atoms with E-state index in [1.807, 2.05) is 43.4 Å². The lowest BCUT2D eigenvalue weighted by atomic mass is 10.0. The third-order valence-corrected chi connectivity index (χ3v) is 4.27. The van der Waals surface area contributed by atoms with Crippen LogP contribution in [0.4, 0.5) is 0 Å². The molecule has 2 aromatic heterocycles. The Kier molecular flexibility index (Phi) is 5.08. The molecule has 126 valence electrons. The maximum Gasteiger partial charge on any atom is 0.350 e. The van der Waals surface area contributed by atoms with Crippen molar-refractivity contribution in [3.8, 4) is 0 Å². The van der Waals surface area contributed by atoms with Crippen LogP contribution >= 0.6 is 0 Å². The van der Waals surface area contributed by atoms with Gasteiger partial charge in [-0.05, 0) is 31.2 Å². The smallest absolute Gasteiger partial charge is 0.350 e. The largest absolute Gasteiger partial charge is 0.396 e. The van der Waals surface area contributed by atoms with E-state index in [1.54, 1.807) is 10.6 Å². The van der Waals surface area contributed by atoms with Crippen molar-refractivity contribution in [1.29, 1.82) is 0 Å². The van der Waals surface area contributed by atoms with Crippen molar-refractivity contribution >= 4 is 5.65 Å². The Hall–Kier alpha value is -2.44. The standard InChI is InChI=1S/C18H22N4O2/c1-20(16(10-14-23)15-7-3-2-4-8-15)12-13-22-18(24)21-11-6-5-9-17(21)19-22/h2-9,11,16,23H,10,12-14H2,1H3. The molecule has 1 unspecified atom stereocenters. The van der Waals surface area contributed by atoms with Crippen LogP contribution in [0.2, 0.25) is 0 Å². The van der Waals surface area contributed by atoms with E-state index >= 15 is 0 Å². The molecule has 3 rings (SSSR count). The van der Waals surface area contributed by atoms with Gasteiger partial charge in [-0.1, -0.05) is 36.4 Å². The van der Waals surface area contributed by atoms with Crippen LogP contribution in [0.5, 0.6) is 0 Å². The van der Waals surface area contributed by atoms with E-state index in [0.29, 0.717) is 25.2 Å². The number of pyridine rings is 1. The summed E-state index contributed by atoms with van der Waals surface area (Å²) in [4.78, 5) is 14.5. The average Bonchev–Trinajstić information content (AvgIpc) is 2.95. The Bertz CT molecular complexity index is 841. The zero-order valence-corrected chi connectivity index (χ0v) is 13.7. The Morgan fingerprint density at radius 1 is 1.17 bits per heavy atom. The van der Waals surface area contributed by atoms with Crippen molar-refractivity contribution in [1.82, 2.24) is 19.1 Å². The van der Waals surface area contributed by atoms with E-state index in [2.05, 4.69) is 22.1 Å². The van der Waals surface area contributed by atoms with Crippen LogP contribution in [-0.4, -0.2) is 44.4 Å². The molecule has 0 aliphatic rings. The molecule has 0 aliphatic heterocycles. The van der Waals surface area contributed by atoms with Crippen LogP contribution in [0.15, 0.2) is 59.5 Å². The van der Waals surface area contributed by atoms with E-state index in [1.165, 1.54) is 4.68 Å². The van der Waals surface area contributed by atoms with Gasteiger partial charge in [-0.2, -0.15) is 0 Å². The van der Waals surface area contributed by atoms with Crippen molar-refractivity contribution in [2.45, 2.75) is 19.0 Å². The number of benzene rings is 1. The summed E-state index contributed by atoms with van der Waals surface area (Å²) in [7, 11) is 2.01. The molecule has 0 radical (unpaired) electrons. The lowest BCUT2D eigenvalue weighted by Gasteiger charge is -2.27. The van der Waals surface area contributed by atoms with Crippen molar-refractivity contribution in [2.75, 3.05) is 20.2 Å². The number of hydrogen-bond acceptors (Lipinski definition) is 4. The van der Waals surface area contributed by atoms with Gasteiger partial charge in [-0.3, -0.25) is 9.30 Å². The minimum Gasteiger partial charge on any atom is -0.396 e. The number of aliphatic hydroxyl groups excluding tert-OH is 1. The quantitative estimate of drug-likeness (QED) is 0.715. The molecule has 3 aromatic rings. The first kappa shape index (κ1) is 16.4. The fourth-order valence-electron chi connectivity index (χ4n) is 2.96. The Labute approximate surface area is 140 Å². The van der Waals surface area contributed by atoms with Gasteiger partial charge in [-0.15, -0.1) is 5.10 Å². The maximum absolute atomic E-state index is 12.3. The fourth-order valence-corrected chi connectivity index (χ4v) is 2.96. The molecule has 24 heavy (non-hydrogen) atoms. The highest BCUT2D eigenvalue weighted by atomic mass is 16.3. The van der Waals surface area contributed by atoms with E-state index in [9.17, 15) is 9.90 Å². The van der Waals surface area contributed by atoms with Gasteiger partial charge in [0.05, 0.1) is 6.54 Å². The molecule has 0 spiro atoms. The number of fused-ring (bicyclic) bond motifs is 1. The number of aliphatic hydroxyl groups is 1. The monoisotopic (exact) mass is 326 g/mol. The maximum atomic E-state index is 12.3. The molecule has 1 aromatic carbocycles. The van der Waals surface area contributed by atoms with Gasteiger partial charge in [0.1, 0.15) is 0 Å². The zero-order valence-electron chi connectivity index (χ0n) is 13.7. The van der Waals surface area contributed by atoms with Crippen LogP contribution in [0.1, 0.15) is 18.0 Å². The van der Waals surface area contributed by atoms with Crippen molar-refractivity contribution in [3.63, 3.8) is 0 Å². The van der Waals surface area contributed by atoms with E-state index < -0.39 is 0 Å². The summed E-state index contributed by atoms with van der Waals surface area (Å²) < 4.78 is 3.04. The van der Waals surface area contributed by atoms with E-state index in [0.717, 1.165) is 5.56 Å². The van der Waals surface area contributed by atoms with Crippen LogP contribution in [0, 0.1) is 0 Å². The van der Waals surface area contributed by atoms with Gasteiger partial charge in [-0.25, -0.2) is 9.48 Å². The minimum atomic E-state index is -0.127. The lowest BCUT2D eigenvalue weighted by Crippen LogP contribution is -2.32. The molecule has 1 atom stereocenters. The van der Waals surface area contributed by atoms with Gasteiger partial charge < -0.3 is 5.11 Å². The molecule has 0 fully saturated rings. The van der Waals surface area contributed by atoms with E-state index in [-0.39, 0.29) is 18.3 Å². The molecule has 0 aliphatic carbocycles. The van der Waals surface area contributed by atoms with E-state index in [4.69, 9.17) is 0 Å². The van der Waals surface area contributed by atoms with Gasteiger partial charge in [0.15, 0.2) is 5.65 Å². The first-order valence-corrected chi connectivity index (χ1v) is 8.11. The summed E-state index contributed by atoms with van der Waals surface area (Å²) in [6.07, 6.45) is 2.38. The van der Waals surface area contributed by atoms with Crippen LogP contribution in [0.25, 0.3) is 5.65 Å². The first-order chi connectivity index (χ1) is 11.7. The summed E-state index contributed by atoms with van der Waals surface area (Å²) in [5.41, 5.74) is 1.69. The molecule has 0 saturated carbocycles. The topological polar surface area (TPSA) is 62.8 Å². The number of nitrogens with zero attached hydrogens (tertiary/aromatic N) is 4. The third kappa shape index (κ3) is 3.39. The highest BCUT2D eigenvalue weighted by molar-refractivity contribution is 5.35. The molecule has 6 heteroatoms. The van der Waals surface area contributed by atoms with Crippen molar-refractivity contribution in [3.05, 3.63) is 70.8 Å². The molecule has 0 saturated heterocycles. The summed E-state index contributed by atoms with van der Waals surface area (Å²) in [5.74, 6) is 0. The number of rotatable bonds is 7. The van der Waals surface area contributed by atoms with Gasteiger partial charge in [0.2, 0.25) is 0 Å². The molecular weight excluding hydrogens is 304 g/mol. The molecule has 0 amide bonds. The highest BCUT2D eigenvalue weighted by Gasteiger charge is 2.17. The summed E-state index contributed by atoms with van der Waals surface area (Å²) in [6.45, 7) is 1.30. The SMILES string of the molecule is CN(CCn1nc2ccccn2c1=O)C(CCO)c1ccccc1. The van der Waals surface area contributed by atoms with Crippen LogP contribution in [-0.2, 0) is 6.54 Å². The first-order valence-electron chi connectivity index (χ1n) is 8.11. The summed E-state index contributed by atoms with van der Waals surface area (Å²) >= 11 is 0. The molecule has 6 nitrogen and oxygen atoms in total. The van der Waals surface area contributed by atoms with Crippen LogP contribution in [0.3, 0.4) is 0 Å². The van der Waals surface area contributed by atoms with Gasteiger partial charge >= 0.3 is 5.69 Å². The number of aromatic nitrogens is 3. The van der Waals surface area contributed by atoms with Crippen LogP contribution < -0.4 is 5.69 Å². The predicted molar refractivity (Wildman–Crippen MR) is 93.0 cm³/mol. The average molecular weight is 326 g/mol. The number of hydrogen-bond donors (Lipinski definition) is 1. The Morgan fingerprint density at radius 3 is 2.62 bits per heavy atom. The molecule has 1 N–H and O–H groups in total. The van der Waals surface area contributed by atoms with Crippen molar-refractivity contribution < 1.29 is 5.11 Å². The van der Waals surface area contributed by atoms with Gasteiger partial charge in [0, 0.05) is 25.4 Å². The number of likely N-dealkylation sites (N-methyl/N-ethyl adjacent to an activating group) is 1.